The lowest BCUT2D eigenvalue weighted by Crippen LogP contribution is -2.35. The van der Waals surface area contributed by atoms with E-state index in [0.717, 1.165) is 23.7 Å². The van der Waals surface area contributed by atoms with Gasteiger partial charge in [0.1, 0.15) is 0 Å². The molecule has 2 rings (SSSR count). The van der Waals surface area contributed by atoms with Crippen LogP contribution in [0.25, 0.3) is 0 Å². The van der Waals surface area contributed by atoms with Crippen molar-refractivity contribution in [3.8, 4) is 0 Å². The second-order valence-corrected chi connectivity index (χ2v) is 6.03. The molecular weight excluding hydrogens is 180 g/mol. The lowest BCUT2D eigenvalue weighted by molar-refractivity contribution is 0.156. The fraction of sp³-hybridized carbons (Fsp3) is 0.800. The highest BCUT2D eigenvalue weighted by Crippen LogP contribution is 2.48. The van der Waals surface area contributed by atoms with E-state index in [1.165, 1.54) is 25.7 Å². The largest absolute Gasteiger partial charge is 0.313 e. The maximum Gasteiger partial charge on any atom is -0.0345 e. The molecule has 0 bridgehead atoms. The van der Waals surface area contributed by atoms with E-state index >= 15 is 0 Å². The molecule has 0 radical (unpaired) electrons. The van der Waals surface area contributed by atoms with Crippen LogP contribution in [0.15, 0.2) is 11.6 Å². The zero-order chi connectivity index (χ0) is 11.0. The molecule has 0 saturated heterocycles. The van der Waals surface area contributed by atoms with Gasteiger partial charge in [-0.2, -0.15) is 19.3 Å². The minimum absolute atomic E-state index is 0.854. The molecule has 3 atom stereocenters. The lowest BCUT2D eigenvalue weighted by atomic mass is 9.60. The van der Waals surface area contributed by atoms with Crippen molar-refractivity contribution in [2.24, 2.45) is 23.7 Å². The quantitative estimate of drug-likeness (QED) is 0.433. The van der Waals surface area contributed by atoms with Crippen LogP contribution in [0, 0.1) is 29.6 Å². The van der Waals surface area contributed by atoms with Crippen LogP contribution in [0.3, 0.4) is 0 Å². The van der Waals surface area contributed by atoms with Crippen LogP contribution in [0.2, 0.25) is 0 Å². The summed E-state index contributed by atoms with van der Waals surface area (Å²) >= 11 is 0. The van der Waals surface area contributed by atoms with E-state index in [2.05, 4.69) is 33.8 Å². The number of allylic oxidation sites excluding steroid dienone is 2. The second-order valence-electron chi connectivity index (χ2n) is 6.03. The zero-order valence-corrected chi connectivity index (χ0v) is 10.7. The van der Waals surface area contributed by atoms with Crippen LogP contribution in [0.5, 0.6) is 0 Å². The van der Waals surface area contributed by atoms with Crippen molar-refractivity contribution in [3.63, 3.8) is 0 Å². The molecule has 0 aromatic carbocycles. The topological polar surface area (TPSA) is 0 Å². The van der Waals surface area contributed by atoms with Crippen LogP contribution in [-0.4, -0.2) is 0 Å². The molecule has 0 amide bonds. The molecule has 0 N–H and O–H groups in total. The van der Waals surface area contributed by atoms with E-state index in [9.17, 15) is 0 Å². The van der Waals surface area contributed by atoms with Crippen LogP contribution < -0.4 is 0 Å². The van der Waals surface area contributed by atoms with Gasteiger partial charge in [-0.3, -0.25) is 0 Å². The summed E-state index contributed by atoms with van der Waals surface area (Å²) < 4.78 is 0. The fourth-order valence-corrected chi connectivity index (χ4v) is 3.65. The van der Waals surface area contributed by atoms with E-state index in [1.54, 1.807) is 11.5 Å². The Bertz CT molecular complexity index is 249. The molecule has 2 aliphatic carbocycles. The number of hydrogen-bond acceptors (Lipinski definition) is 0. The highest BCUT2D eigenvalue weighted by Gasteiger charge is 2.32. The third kappa shape index (κ3) is 2.14. The van der Waals surface area contributed by atoms with Crippen molar-refractivity contribution < 1.29 is 0 Å². The molecule has 1 saturated carbocycles. The molecule has 3 unspecified atom stereocenters. The first-order valence-corrected chi connectivity index (χ1v) is 6.59. The summed E-state index contributed by atoms with van der Waals surface area (Å²) in [5.74, 6) is 5.35. The van der Waals surface area contributed by atoms with E-state index < -0.39 is 0 Å². The van der Waals surface area contributed by atoms with Gasteiger partial charge in [0.15, 0.2) is 0 Å². The van der Waals surface area contributed by atoms with Crippen molar-refractivity contribution in [2.45, 2.75) is 53.4 Å². The molecule has 86 valence electrons. The van der Waals surface area contributed by atoms with Gasteiger partial charge >= 0.3 is 0 Å². The monoisotopic (exact) mass is 205 g/mol. The number of hydrogen-bond donors (Lipinski definition) is 0. The molecule has 0 aromatic heterocycles. The Morgan fingerprint density at radius 3 is 2.73 bits per heavy atom. The van der Waals surface area contributed by atoms with Gasteiger partial charge in [-0.25, -0.2) is 0 Å². The second kappa shape index (κ2) is 4.31. The van der Waals surface area contributed by atoms with Gasteiger partial charge in [-0.05, 0) is 31.1 Å². The van der Waals surface area contributed by atoms with Crippen LogP contribution >= 0.6 is 0 Å². The third-order valence-electron chi connectivity index (χ3n) is 4.65. The van der Waals surface area contributed by atoms with Crippen molar-refractivity contribution in [2.75, 3.05) is 0 Å². The normalized spacial score (nSPS) is 37.7. The third-order valence-corrected chi connectivity index (χ3v) is 4.65. The van der Waals surface area contributed by atoms with E-state index in [1.807, 2.05) is 0 Å². The molecule has 0 heteroatoms. The number of fused-ring (bicyclic) bond motifs is 1. The van der Waals surface area contributed by atoms with E-state index in [4.69, 9.17) is 0 Å². The zero-order valence-electron chi connectivity index (χ0n) is 10.7. The van der Waals surface area contributed by atoms with Crippen LogP contribution in [0.4, 0.5) is 0 Å². The van der Waals surface area contributed by atoms with Crippen molar-refractivity contribution in [1.82, 2.24) is 0 Å². The highest BCUT2D eigenvalue weighted by atomic mass is 14.4. The highest BCUT2D eigenvalue weighted by molar-refractivity contribution is 5.16. The minimum Gasteiger partial charge on any atom is -0.313 e. The average Bonchev–Trinajstić information content (AvgIpc) is 2.17. The van der Waals surface area contributed by atoms with E-state index in [0.29, 0.717) is 0 Å². The Morgan fingerprint density at radius 1 is 1.33 bits per heavy atom. The minimum atomic E-state index is 0.854. The van der Waals surface area contributed by atoms with Crippen LogP contribution in [0.1, 0.15) is 53.4 Å². The standard InChI is InChI=1S/C15H25/c1-10(2)13-8-6-12(4)14-7-5-11(3)9-15(13)14/h9-10,13-15H,5-8H2,1-4H3/q-1. The van der Waals surface area contributed by atoms with Gasteiger partial charge in [-0.1, -0.05) is 38.3 Å². The summed E-state index contributed by atoms with van der Waals surface area (Å²) in [6, 6.07) is 0. The van der Waals surface area contributed by atoms with Gasteiger partial charge in [-0.15, -0.1) is 0 Å². The Morgan fingerprint density at radius 2 is 2.07 bits per heavy atom. The Hall–Kier alpha value is -0.260. The van der Waals surface area contributed by atoms with Gasteiger partial charge < -0.3 is 5.92 Å². The Labute approximate surface area is 95.1 Å². The van der Waals surface area contributed by atoms with Gasteiger partial charge in [0, 0.05) is 0 Å². The molecule has 0 aromatic rings. The average molecular weight is 205 g/mol. The first-order valence-electron chi connectivity index (χ1n) is 6.59. The molecule has 0 nitrogen and oxygen atoms in total. The number of rotatable bonds is 1. The van der Waals surface area contributed by atoms with Gasteiger partial charge in [0.2, 0.25) is 0 Å². The molecule has 0 aliphatic heterocycles. The Kier molecular flexibility index (Phi) is 3.23. The van der Waals surface area contributed by atoms with Gasteiger partial charge in [0.05, 0.1) is 0 Å². The predicted molar refractivity (Wildman–Crippen MR) is 66.5 cm³/mol. The van der Waals surface area contributed by atoms with Crippen molar-refractivity contribution >= 4 is 0 Å². The fourth-order valence-electron chi connectivity index (χ4n) is 3.65. The molecular formula is C15H25-. The summed E-state index contributed by atoms with van der Waals surface area (Å²) in [7, 11) is 0. The SMILES string of the molecule is CC1=CC2C(CC1)[C-](C)CCC2C(C)C. The predicted octanol–water partition coefficient (Wildman–Crippen LogP) is 4.62. The Balaban J connectivity index is 2.20. The molecule has 2 aliphatic rings. The van der Waals surface area contributed by atoms with Gasteiger partial charge in [0.25, 0.3) is 0 Å². The molecule has 1 fully saturated rings. The molecule has 0 heterocycles. The summed E-state index contributed by atoms with van der Waals surface area (Å²) in [5.41, 5.74) is 1.64. The summed E-state index contributed by atoms with van der Waals surface area (Å²) in [5, 5.41) is 0. The first-order chi connectivity index (χ1) is 7.09. The smallest absolute Gasteiger partial charge is 0.0345 e. The first kappa shape index (κ1) is 11.2. The lowest BCUT2D eigenvalue weighted by Gasteiger charge is -2.53. The van der Waals surface area contributed by atoms with Crippen LogP contribution in [-0.2, 0) is 0 Å². The maximum absolute atomic E-state index is 2.60. The van der Waals surface area contributed by atoms with E-state index in [-0.39, 0.29) is 0 Å². The molecule has 0 spiro atoms. The summed E-state index contributed by atoms with van der Waals surface area (Å²) in [6.45, 7) is 9.51. The molecule has 15 heavy (non-hydrogen) atoms. The summed E-state index contributed by atoms with van der Waals surface area (Å²) in [4.78, 5) is 0. The van der Waals surface area contributed by atoms with Crippen molar-refractivity contribution in [1.29, 1.82) is 0 Å². The summed E-state index contributed by atoms with van der Waals surface area (Å²) in [6.07, 6.45) is 8.16. The van der Waals surface area contributed by atoms with Crippen molar-refractivity contribution in [3.05, 3.63) is 17.6 Å². The maximum atomic E-state index is 2.60.